The predicted octanol–water partition coefficient (Wildman–Crippen LogP) is 23.2. The SMILES string of the molecule is CC/C=C\C/C=C\C/C=C\C/C=C\C/C=C\CCCCCCCCCCCCCCCC(=O)OCC(COC(=O)CCCCCCCCC)OC(=O)CCCCCCCCCCCC/C=C\C/C=C\C/C=C\CCCCCCC. The summed E-state index contributed by atoms with van der Waals surface area (Å²) >= 11 is 0. The first-order valence-electron chi connectivity index (χ1n) is 33.7. The standard InChI is InChI=1S/C73H126O6/c1-4-7-10-13-16-18-20-22-24-26-28-30-32-34-35-36-37-39-40-42-44-46-48-50-52-54-57-60-63-66-72(75)78-69-70(68-77-71(74)65-62-59-56-15-12-9-6-3)79-73(76)67-64-61-58-55-53-51-49-47-45-43-41-38-33-31-29-27-25-23-21-19-17-14-11-8-5-2/h7,10,16,18,21-24,27-30,33-35,38,70H,4-6,8-9,11-15,17,19-20,25-26,31-32,36-37,39-69H2,1-3H3/b10-7-,18-16-,23-21-,24-22-,29-27-,30-28-,35-34-,38-33-. The zero-order chi connectivity index (χ0) is 57.1. The van der Waals surface area contributed by atoms with Gasteiger partial charge in [0.15, 0.2) is 6.10 Å². The molecule has 0 rings (SSSR count). The van der Waals surface area contributed by atoms with E-state index in [2.05, 4.69) is 118 Å². The second-order valence-corrected chi connectivity index (χ2v) is 22.4. The van der Waals surface area contributed by atoms with E-state index in [-0.39, 0.29) is 31.1 Å². The summed E-state index contributed by atoms with van der Waals surface area (Å²) in [6.07, 6.45) is 90.2. The van der Waals surface area contributed by atoms with Gasteiger partial charge in [-0.1, -0.05) is 304 Å². The molecule has 1 unspecified atom stereocenters. The zero-order valence-electron chi connectivity index (χ0n) is 52.1. The van der Waals surface area contributed by atoms with Gasteiger partial charge in [-0.05, 0) is 103 Å². The molecule has 0 aromatic heterocycles. The first kappa shape index (κ1) is 75.3. The van der Waals surface area contributed by atoms with E-state index in [0.29, 0.717) is 19.3 Å². The summed E-state index contributed by atoms with van der Waals surface area (Å²) in [6, 6.07) is 0. The Morgan fingerprint density at radius 2 is 0.494 bits per heavy atom. The summed E-state index contributed by atoms with van der Waals surface area (Å²) in [4.78, 5) is 38.2. The molecule has 6 heteroatoms. The van der Waals surface area contributed by atoms with Crippen molar-refractivity contribution in [3.63, 3.8) is 0 Å². The van der Waals surface area contributed by atoms with Gasteiger partial charge >= 0.3 is 17.9 Å². The van der Waals surface area contributed by atoms with E-state index < -0.39 is 6.10 Å². The number of ether oxygens (including phenoxy) is 3. The monoisotopic (exact) mass is 1100 g/mol. The molecule has 0 radical (unpaired) electrons. The average Bonchev–Trinajstić information content (AvgIpc) is 3.45. The van der Waals surface area contributed by atoms with Crippen LogP contribution in [0.1, 0.15) is 329 Å². The van der Waals surface area contributed by atoms with Crippen LogP contribution in [0, 0.1) is 0 Å². The number of carbonyl (C=O) groups is 3. The maximum atomic E-state index is 12.9. The highest BCUT2D eigenvalue weighted by molar-refractivity contribution is 5.71. The third-order valence-electron chi connectivity index (χ3n) is 14.6. The molecule has 0 spiro atoms. The highest BCUT2D eigenvalue weighted by Gasteiger charge is 2.19. The van der Waals surface area contributed by atoms with Gasteiger partial charge in [0, 0.05) is 19.3 Å². The lowest BCUT2D eigenvalue weighted by Gasteiger charge is -2.18. The van der Waals surface area contributed by atoms with E-state index in [1.165, 1.54) is 186 Å². The highest BCUT2D eigenvalue weighted by atomic mass is 16.6. The normalized spacial score (nSPS) is 12.7. The molecule has 0 fully saturated rings. The van der Waals surface area contributed by atoms with Gasteiger partial charge in [-0.15, -0.1) is 0 Å². The van der Waals surface area contributed by atoms with E-state index in [1.807, 2.05) is 0 Å². The molecule has 0 N–H and O–H groups in total. The van der Waals surface area contributed by atoms with Crippen LogP contribution >= 0.6 is 0 Å². The van der Waals surface area contributed by atoms with Crippen LogP contribution in [0.15, 0.2) is 97.2 Å². The maximum Gasteiger partial charge on any atom is 0.306 e. The van der Waals surface area contributed by atoms with E-state index in [1.54, 1.807) is 0 Å². The van der Waals surface area contributed by atoms with Crippen LogP contribution in [-0.4, -0.2) is 37.2 Å². The summed E-state index contributed by atoms with van der Waals surface area (Å²) in [5.74, 6) is -0.877. The van der Waals surface area contributed by atoms with Crippen LogP contribution in [0.4, 0.5) is 0 Å². The van der Waals surface area contributed by atoms with Crippen molar-refractivity contribution in [3.05, 3.63) is 97.2 Å². The Labute approximate surface area is 489 Å². The predicted molar refractivity (Wildman–Crippen MR) is 344 cm³/mol. The van der Waals surface area contributed by atoms with Crippen molar-refractivity contribution >= 4 is 17.9 Å². The fraction of sp³-hybridized carbons (Fsp3) is 0.740. The molecule has 0 saturated heterocycles. The van der Waals surface area contributed by atoms with E-state index in [0.717, 1.165) is 103 Å². The Morgan fingerprint density at radius 3 is 0.772 bits per heavy atom. The molecule has 0 amide bonds. The number of hydrogen-bond donors (Lipinski definition) is 0. The van der Waals surface area contributed by atoms with Gasteiger partial charge in [0.05, 0.1) is 0 Å². The first-order chi connectivity index (χ1) is 39.0. The number of esters is 3. The van der Waals surface area contributed by atoms with Crippen molar-refractivity contribution in [2.45, 2.75) is 335 Å². The van der Waals surface area contributed by atoms with Crippen LogP contribution in [0.5, 0.6) is 0 Å². The van der Waals surface area contributed by atoms with Gasteiger partial charge in [-0.2, -0.15) is 0 Å². The van der Waals surface area contributed by atoms with Crippen molar-refractivity contribution in [3.8, 4) is 0 Å². The van der Waals surface area contributed by atoms with E-state index in [4.69, 9.17) is 14.2 Å². The third-order valence-corrected chi connectivity index (χ3v) is 14.6. The molecule has 0 aromatic carbocycles. The molecule has 1 atom stereocenters. The minimum atomic E-state index is -0.778. The summed E-state index contributed by atoms with van der Waals surface area (Å²) < 4.78 is 16.9. The number of carbonyl (C=O) groups excluding carboxylic acids is 3. The van der Waals surface area contributed by atoms with Gasteiger partial charge < -0.3 is 14.2 Å². The summed E-state index contributed by atoms with van der Waals surface area (Å²) in [6.45, 7) is 6.50. The van der Waals surface area contributed by atoms with Gasteiger partial charge in [0.2, 0.25) is 0 Å². The quantitative estimate of drug-likeness (QED) is 0.0261. The largest absolute Gasteiger partial charge is 0.462 e. The Kier molecular flexibility index (Phi) is 63.7. The van der Waals surface area contributed by atoms with Crippen LogP contribution in [-0.2, 0) is 28.6 Å². The van der Waals surface area contributed by atoms with Gasteiger partial charge in [0.25, 0.3) is 0 Å². The molecule has 0 aliphatic heterocycles. The molecule has 79 heavy (non-hydrogen) atoms. The maximum absolute atomic E-state index is 12.9. The summed E-state index contributed by atoms with van der Waals surface area (Å²) in [5, 5.41) is 0. The van der Waals surface area contributed by atoms with Crippen LogP contribution in [0.2, 0.25) is 0 Å². The summed E-state index contributed by atoms with van der Waals surface area (Å²) in [7, 11) is 0. The Balaban J connectivity index is 4.11. The van der Waals surface area contributed by atoms with Crippen LogP contribution < -0.4 is 0 Å². The van der Waals surface area contributed by atoms with Crippen molar-refractivity contribution < 1.29 is 28.6 Å². The number of rotatable bonds is 61. The van der Waals surface area contributed by atoms with E-state index >= 15 is 0 Å². The molecule has 0 aliphatic rings. The van der Waals surface area contributed by atoms with Crippen LogP contribution in [0.25, 0.3) is 0 Å². The highest BCUT2D eigenvalue weighted by Crippen LogP contribution is 2.17. The molecule has 0 bridgehead atoms. The Hall–Kier alpha value is -3.67. The number of allylic oxidation sites excluding steroid dienone is 16. The van der Waals surface area contributed by atoms with Crippen molar-refractivity contribution in [2.24, 2.45) is 0 Å². The fourth-order valence-electron chi connectivity index (χ4n) is 9.54. The van der Waals surface area contributed by atoms with Crippen molar-refractivity contribution in [1.29, 1.82) is 0 Å². The van der Waals surface area contributed by atoms with E-state index in [9.17, 15) is 14.4 Å². The number of unbranched alkanes of at least 4 members (excludes halogenated alkanes) is 34. The third kappa shape index (κ3) is 65.0. The van der Waals surface area contributed by atoms with Crippen molar-refractivity contribution in [2.75, 3.05) is 13.2 Å². The van der Waals surface area contributed by atoms with Crippen LogP contribution in [0.3, 0.4) is 0 Å². The second-order valence-electron chi connectivity index (χ2n) is 22.4. The molecule has 454 valence electrons. The molecule has 0 aromatic rings. The second kappa shape index (κ2) is 66.8. The van der Waals surface area contributed by atoms with Gasteiger partial charge in [0.1, 0.15) is 13.2 Å². The van der Waals surface area contributed by atoms with Gasteiger partial charge in [-0.25, -0.2) is 0 Å². The average molecular weight is 1100 g/mol. The van der Waals surface area contributed by atoms with Gasteiger partial charge in [-0.3, -0.25) is 14.4 Å². The molecular formula is C73H126O6. The smallest absolute Gasteiger partial charge is 0.306 e. The molecule has 0 saturated carbocycles. The minimum absolute atomic E-state index is 0.0767. The molecule has 0 heterocycles. The molecule has 0 aliphatic carbocycles. The Morgan fingerprint density at radius 1 is 0.266 bits per heavy atom. The number of hydrogen-bond acceptors (Lipinski definition) is 6. The molecular weight excluding hydrogens is 973 g/mol. The minimum Gasteiger partial charge on any atom is -0.462 e. The Bertz CT molecular complexity index is 1540. The lowest BCUT2D eigenvalue weighted by molar-refractivity contribution is -0.167. The van der Waals surface area contributed by atoms with Crippen molar-refractivity contribution in [1.82, 2.24) is 0 Å². The zero-order valence-corrected chi connectivity index (χ0v) is 52.1. The first-order valence-corrected chi connectivity index (χ1v) is 33.7. The lowest BCUT2D eigenvalue weighted by atomic mass is 10.0. The molecule has 6 nitrogen and oxygen atoms in total. The topological polar surface area (TPSA) is 78.9 Å². The lowest BCUT2D eigenvalue weighted by Crippen LogP contribution is -2.30. The fourth-order valence-corrected chi connectivity index (χ4v) is 9.54. The summed E-state index contributed by atoms with van der Waals surface area (Å²) in [5.41, 5.74) is 0.